The highest BCUT2D eigenvalue weighted by Gasteiger charge is 2.17. The summed E-state index contributed by atoms with van der Waals surface area (Å²) in [5.74, 6) is -0.169. The van der Waals surface area contributed by atoms with Crippen molar-refractivity contribution in [2.75, 3.05) is 6.61 Å². The first-order chi connectivity index (χ1) is 9.50. The molecule has 1 aromatic carbocycles. The SMILES string of the molecule is Cc1c(OCC(C)C(N)=O)nn(C)c1-c1ccccc1. The lowest BCUT2D eigenvalue weighted by molar-refractivity contribution is -0.122. The molecular weight excluding hydrogens is 254 g/mol. The minimum atomic E-state index is -0.373. The number of rotatable bonds is 5. The van der Waals surface area contributed by atoms with E-state index in [2.05, 4.69) is 5.10 Å². The summed E-state index contributed by atoms with van der Waals surface area (Å²) in [7, 11) is 1.87. The van der Waals surface area contributed by atoms with Gasteiger partial charge in [-0.25, -0.2) is 0 Å². The fraction of sp³-hybridized carbons (Fsp3) is 0.333. The predicted octanol–water partition coefficient (Wildman–Crippen LogP) is 1.90. The number of amides is 1. The Morgan fingerprint density at radius 2 is 2.05 bits per heavy atom. The zero-order valence-corrected chi connectivity index (χ0v) is 12.0. The third kappa shape index (κ3) is 2.82. The molecule has 1 aromatic heterocycles. The maximum atomic E-state index is 11.0. The maximum Gasteiger partial charge on any atom is 0.236 e. The van der Waals surface area contributed by atoms with Crippen LogP contribution < -0.4 is 10.5 Å². The molecular formula is C15H19N3O2. The minimum Gasteiger partial charge on any atom is -0.476 e. The Labute approximate surface area is 118 Å². The topological polar surface area (TPSA) is 70.1 Å². The molecule has 0 saturated carbocycles. The van der Waals surface area contributed by atoms with Crippen molar-refractivity contribution < 1.29 is 9.53 Å². The molecule has 1 heterocycles. The van der Waals surface area contributed by atoms with Gasteiger partial charge in [-0.1, -0.05) is 37.3 Å². The molecule has 106 valence electrons. The van der Waals surface area contributed by atoms with Gasteiger partial charge in [0.1, 0.15) is 6.61 Å². The molecule has 1 atom stereocenters. The normalized spacial score (nSPS) is 12.2. The zero-order valence-electron chi connectivity index (χ0n) is 12.0. The van der Waals surface area contributed by atoms with Crippen LogP contribution >= 0.6 is 0 Å². The summed E-state index contributed by atoms with van der Waals surface area (Å²) >= 11 is 0. The molecule has 1 amide bonds. The van der Waals surface area contributed by atoms with Crippen LogP contribution in [-0.2, 0) is 11.8 Å². The highest BCUT2D eigenvalue weighted by molar-refractivity contribution is 5.76. The molecule has 0 aliphatic carbocycles. The van der Waals surface area contributed by atoms with Crippen LogP contribution in [0.25, 0.3) is 11.3 Å². The van der Waals surface area contributed by atoms with Crippen LogP contribution in [0.3, 0.4) is 0 Å². The van der Waals surface area contributed by atoms with Gasteiger partial charge in [0.05, 0.1) is 11.6 Å². The Morgan fingerprint density at radius 1 is 1.40 bits per heavy atom. The van der Waals surface area contributed by atoms with Gasteiger partial charge >= 0.3 is 0 Å². The fourth-order valence-corrected chi connectivity index (χ4v) is 2.03. The molecule has 0 spiro atoms. The van der Waals surface area contributed by atoms with Gasteiger partial charge in [0.15, 0.2) is 0 Å². The lowest BCUT2D eigenvalue weighted by Gasteiger charge is -2.08. The second-order valence-corrected chi connectivity index (χ2v) is 4.88. The van der Waals surface area contributed by atoms with Crippen molar-refractivity contribution in [3.05, 3.63) is 35.9 Å². The molecule has 0 radical (unpaired) electrons. The van der Waals surface area contributed by atoms with Gasteiger partial charge in [0.25, 0.3) is 0 Å². The number of carbonyl (C=O) groups excluding carboxylic acids is 1. The number of nitrogens with two attached hydrogens (primary N) is 1. The quantitative estimate of drug-likeness (QED) is 0.904. The van der Waals surface area contributed by atoms with Crippen molar-refractivity contribution in [3.63, 3.8) is 0 Å². The number of benzene rings is 1. The molecule has 2 rings (SSSR count). The Bertz CT molecular complexity index is 605. The van der Waals surface area contributed by atoms with E-state index in [1.807, 2.05) is 44.3 Å². The number of hydrogen-bond donors (Lipinski definition) is 1. The molecule has 1 unspecified atom stereocenters. The molecule has 2 N–H and O–H groups in total. The van der Waals surface area contributed by atoms with Crippen LogP contribution in [-0.4, -0.2) is 22.3 Å². The Hall–Kier alpha value is -2.30. The van der Waals surface area contributed by atoms with Crippen LogP contribution in [0.2, 0.25) is 0 Å². The summed E-state index contributed by atoms with van der Waals surface area (Å²) in [5, 5.41) is 4.36. The van der Waals surface area contributed by atoms with E-state index >= 15 is 0 Å². The summed E-state index contributed by atoms with van der Waals surface area (Å²) in [4.78, 5) is 11.0. The lowest BCUT2D eigenvalue weighted by Crippen LogP contribution is -2.26. The van der Waals surface area contributed by atoms with Gasteiger partial charge in [0.2, 0.25) is 11.8 Å². The van der Waals surface area contributed by atoms with Gasteiger partial charge in [-0.15, -0.1) is 5.10 Å². The van der Waals surface area contributed by atoms with Gasteiger partial charge in [-0.3, -0.25) is 9.48 Å². The van der Waals surface area contributed by atoms with Crippen LogP contribution in [0.15, 0.2) is 30.3 Å². The molecule has 0 saturated heterocycles. The summed E-state index contributed by atoms with van der Waals surface area (Å²) in [5.41, 5.74) is 8.26. The summed E-state index contributed by atoms with van der Waals surface area (Å²) < 4.78 is 7.40. The number of aryl methyl sites for hydroxylation is 1. The van der Waals surface area contributed by atoms with E-state index in [-0.39, 0.29) is 18.4 Å². The second kappa shape index (κ2) is 5.77. The van der Waals surface area contributed by atoms with Crippen molar-refractivity contribution in [3.8, 4) is 17.1 Å². The van der Waals surface area contributed by atoms with E-state index in [0.29, 0.717) is 5.88 Å². The number of ether oxygens (including phenoxy) is 1. The summed E-state index contributed by atoms with van der Waals surface area (Å²) in [6.07, 6.45) is 0. The third-order valence-electron chi connectivity index (χ3n) is 3.24. The average molecular weight is 273 g/mol. The van der Waals surface area contributed by atoms with Crippen LogP contribution in [0.4, 0.5) is 0 Å². The average Bonchev–Trinajstić information content (AvgIpc) is 2.71. The fourth-order valence-electron chi connectivity index (χ4n) is 2.03. The number of aromatic nitrogens is 2. The first-order valence-corrected chi connectivity index (χ1v) is 6.51. The molecule has 0 fully saturated rings. The van der Waals surface area contributed by atoms with Crippen LogP contribution in [0.5, 0.6) is 5.88 Å². The monoisotopic (exact) mass is 273 g/mol. The van der Waals surface area contributed by atoms with Gasteiger partial charge < -0.3 is 10.5 Å². The first-order valence-electron chi connectivity index (χ1n) is 6.51. The van der Waals surface area contributed by atoms with Crippen LogP contribution in [0.1, 0.15) is 12.5 Å². The largest absolute Gasteiger partial charge is 0.476 e. The molecule has 20 heavy (non-hydrogen) atoms. The Balaban J connectivity index is 2.24. The van der Waals surface area contributed by atoms with E-state index in [1.165, 1.54) is 0 Å². The maximum absolute atomic E-state index is 11.0. The lowest BCUT2D eigenvalue weighted by atomic mass is 10.1. The van der Waals surface area contributed by atoms with Gasteiger partial charge in [0, 0.05) is 18.2 Å². The van der Waals surface area contributed by atoms with E-state index < -0.39 is 0 Å². The van der Waals surface area contributed by atoms with E-state index in [4.69, 9.17) is 10.5 Å². The van der Waals surface area contributed by atoms with Crippen molar-refractivity contribution in [1.29, 1.82) is 0 Å². The highest BCUT2D eigenvalue weighted by Crippen LogP contribution is 2.29. The van der Waals surface area contributed by atoms with E-state index in [1.54, 1.807) is 11.6 Å². The second-order valence-electron chi connectivity index (χ2n) is 4.88. The number of nitrogens with zero attached hydrogens (tertiary/aromatic N) is 2. The van der Waals surface area contributed by atoms with E-state index in [0.717, 1.165) is 16.8 Å². The molecule has 5 heteroatoms. The summed E-state index contributed by atoms with van der Waals surface area (Å²) in [6, 6.07) is 10.00. The number of primary amides is 1. The van der Waals surface area contributed by atoms with Crippen molar-refractivity contribution in [1.82, 2.24) is 9.78 Å². The molecule has 0 aliphatic rings. The number of hydrogen-bond acceptors (Lipinski definition) is 3. The molecule has 0 aliphatic heterocycles. The van der Waals surface area contributed by atoms with Gasteiger partial charge in [-0.05, 0) is 6.92 Å². The Kier molecular flexibility index (Phi) is 4.08. The standard InChI is InChI=1S/C15H19N3O2/c1-10(14(16)19)9-20-15-11(2)13(18(3)17-15)12-7-5-4-6-8-12/h4-8,10H,9H2,1-3H3,(H2,16,19). The predicted molar refractivity (Wildman–Crippen MR) is 77.2 cm³/mol. The first kappa shape index (κ1) is 14.1. The van der Waals surface area contributed by atoms with Crippen molar-refractivity contribution >= 4 is 5.91 Å². The smallest absolute Gasteiger partial charge is 0.236 e. The third-order valence-corrected chi connectivity index (χ3v) is 3.24. The van der Waals surface area contributed by atoms with Gasteiger partial charge in [-0.2, -0.15) is 0 Å². The minimum absolute atomic E-state index is 0.238. The Morgan fingerprint density at radius 3 is 2.65 bits per heavy atom. The zero-order chi connectivity index (χ0) is 14.7. The molecule has 0 bridgehead atoms. The van der Waals surface area contributed by atoms with Crippen molar-refractivity contribution in [2.45, 2.75) is 13.8 Å². The van der Waals surface area contributed by atoms with Crippen molar-refractivity contribution in [2.24, 2.45) is 18.7 Å². The summed E-state index contributed by atoms with van der Waals surface area (Å²) in [6.45, 7) is 3.93. The van der Waals surface area contributed by atoms with E-state index in [9.17, 15) is 4.79 Å². The highest BCUT2D eigenvalue weighted by atomic mass is 16.5. The number of carbonyl (C=O) groups is 1. The molecule has 5 nitrogen and oxygen atoms in total. The molecule has 2 aromatic rings. The van der Waals surface area contributed by atoms with Crippen LogP contribution in [0, 0.1) is 12.8 Å².